The van der Waals surface area contributed by atoms with E-state index in [1.165, 1.54) is 12.3 Å². The van der Waals surface area contributed by atoms with Crippen LogP contribution >= 0.6 is 34.8 Å². The largest absolute Gasteiger partial charge is 0.452 e. The van der Waals surface area contributed by atoms with Gasteiger partial charge in [-0.15, -0.1) is 0 Å². The van der Waals surface area contributed by atoms with Crippen LogP contribution in [0.25, 0.3) is 0 Å². The predicted octanol–water partition coefficient (Wildman–Crippen LogP) is 3.84. The number of ether oxygens (including phenoxy) is 1. The monoisotopic (exact) mass is 358 g/mol. The van der Waals surface area contributed by atoms with Gasteiger partial charge in [-0.2, -0.15) is 0 Å². The van der Waals surface area contributed by atoms with Crippen molar-refractivity contribution in [2.75, 3.05) is 11.9 Å². The van der Waals surface area contributed by atoms with E-state index in [1.54, 1.807) is 24.3 Å². The lowest BCUT2D eigenvalue weighted by Gasteiger charge is -2.07. The van der Waals surface area contributed by atoms with Crippen molar-refractivity contribution in [1.82, 2.24) is 4.98 Å². The molecule has 1 aromatic heterocycles. The van der Waals surface area contributed by atoms with E-state index in [2.05, 4.69) is 10.3 Å². The van der Waals surface area contributed by atoms with Crippen molar-refractivity contribution >= 4 is 52.4 Å². The highest BCUT2D eigenvalue weighted by molar-refractivity contribution is 6.41. The lowest BCUT2D eigenvalue weighted by atomic mass is 10.3. The number of aromatic nitrogens is 1. The van der Waals surface area contributed by atoms with Gasteiger partial charge in [0.05, 0.1) is 10.6 Å². The second kappa shape index (κ2) is 7.45. The standard InChI is InChI=1S/C14H9Cl3N2O3/c15-9-1-3-10(4-2-9)19-12(20)7-22-14(21)8-5-11(16)13(17)18-6-8/h1-6H,7H2,(H,19,20). The molecule has 0 aliphatic carbocycles. The Hall–Kier alpha value is -1.82. The van der Waals surface area contributed by atoms with Crippen LogP contribution in [0.2, 0.25) is 15.2 Å². The molecular formula is C14H9Cl3N2O3. The molecule has 0 spiro atoms. The van der Waals surface area contributed by atoms with Crippen LogP contribution in [-0.4, -0.2) is 23.5 Å². The maximum atomic E-state index is 11.7. The topological polar surface area (TPSA) is 68.3 Å². The highest BCUT2D eigenvalue weighted by Gasteiger charge is 2.12. The summed E-state index contributed by atoms with van der Waals surface area (Å²) in [6.45, 7) is -0.443. The summed E-state index contributed by atoms with van der Waals surface area (Å²) in [4.78, 5) is 27.1. The first kappa shape index (κ1) is 16.5. The lowest BCUT2D eigenvalue weighted by Crippen LogP contribution is -2.21. The van der Waals surface area contributed by atoms with Crippen LogP contribution < -0.4 is 5.32 Å². The molecule has 5 nitrogen and oxygen atoms in total. The minimum atomic E-state index is -0.725. The Morgan fingerprint density at radius 1 is 1.14 bits per heavy atom. The number of rotatable bonds is 4. The number of pyridine rings is 1. The summed E-state index contributed by atoms with van der Waals surface area (Å²) in [5.41, 5.74) is 0.648. The van der Waals surface area contributed by atoms with E-state index in [9.17, 15) is 9.59 Å². The van der Waals surface area contributed by atoms with Crippen LogP contribution in [0.1, 0.15) is 10.4 Å². The van der Waals surface area contributed by atoms with Crippen molar-refractivity contribution in [2.24, 2.45) is 0 Å². The number of amides is 1. The normalized spacial score (nSPS) is 10.1. The van der Waals surface area contributed by atoms with Crippen molar-refractivity contribution in [1.29, 1.82) is 0 Å². The molecule has 0 unspecified atom stereocenters. The van der Waals surface area contributed by atoms with E-state index >= 15 is 0 Å². The minimum absolute atomic E-state index is 0.0821. The zero-order valence-corrected chi connectivity index (χ0v) is 13.2. The number of carbonyl (C=O) groups excluding carboxylic acids is 2. The van der Waals surface area contributed by atoms with Crippen LogP contribution in [0.15, 0.2) is 36.5 Å². The number of benzene rings is 1. The van der Waals surface area contributed by atoms with Crippen LogP contribution in [0.5, 0.6) is 0 Å². The summed E-state index contributed by atoms with van der Waals surface area (Å²) in [7, 11) is 0. The third kappa shape index (κ3) is 4.59. The lowest BCUT2D eigenvalue weighted by molar-refractivity contribution is -0.119. The van der Waals surface area contributed by atoms with Gasteiger partial charge < -0.3 is 10.1 Å². The quantitative estimate of drug-likeness (QED) is 0.665. The van der Waals surface area contributed by atoms with E-state index < -0.39 is 18.5 Å². The van der Waals surface area contributed by atoms with E-state index in [0.717, 1.165) is 0 Å². The molecule has 114 valence electrons. The molecule has 1 N–H and O–H groups in total. The Bertz CT molecular complexity index is 705. The maximum Gasteiger partial charge on any atom is 0.340 e. The molecule has 0 radical (unpaired) electrons. The van der Waals surface area contributed by atoms with Crippen molar-refractivity contribution in [3.63, 3.8) is 0 Å². The van der Waals surface area contributed by atoms with Gasteiger partial charge in [-0.1, -0.05) is 34.8 Å². The molecule has 1 amide bonds. The maximum absolute atomic E-state index is 11.7. The van der Waals surface area contributed by atoms with Gasteiger partial charge in [0.15, 0.2) is 6.61 Å². The van der Waals surface area contributed by atoms with E-state index in [-0.39, 0.29) is 15.7 Å². The van der Waals surface area contributed by atoms with Gasteiger partial charge in [0, 0.05) is 16.9 Å². The Balaban J connectivity index is 1.88. The first-order valence-corrected chi connectivity index (χ1v) is 7.12. The molecule has 2 rings (SSSR count). The average Bonchev–Trinajstić information content (AvgIpc) is 2.50. The number of carbonyl (C=O) groups is 2. The van der Waals surface area contributed by atoms with Gasteiger partial charge in [0.25, 0.3) is 5.91 Å². The number of hydrogen-bond acceptors (Lipinski definition) is 4. The van der Waals surface area contributed by atoms with Crippen LogP contribution in [0.4, 0.5) is 5.69 Å². The fraction of sp³-hybridized carbons (Fsp3) is 0.0714. The molecule has 0 aliphatic heterocycles. The summed E-state index contributed by atoms with van der Waals surface area (Å²) in [6, 6.07) is 7.83. The number of anilines is 1. The highest BCUT2D eigenvalue weighted by atomic mass is 35.5. The molecule has 1 aromatic carbocycles. The first-order chi connectivity index (χ1) is 10.5. The number of nitrogens with zero attached hydrogens (tertiary/aromatic N) is 1. The zero-order chi connectivity index (χ0) is 16.1. The molecular weight excluding hydrogens is 351 g/mol. The molecule has 22 heavy (non-hydrogen) atoms. The Labute approximate surface area is 141 Å². The summed E-state index contributed by atoms with van der Waals surface area (Å²) < 4.78 is 4.86. The zero-order valence-electron chi connectivity index (χ0n) is 11.0. The van der Waals surface area contributed by atoms with Crippen LogP contribution in [0.3, 0.4) is 0 Å². The number of nitrogens with one attached hydrogen (secondary N) is 1. The third-order valence-corrected chi connectivity index (χ3v) is 3.43. The molecule has 0 saturated heterocycles. The number of esters is 1. The summed E-state index contributed by atoms with van der Waals surface area (Å²) in [5, 5.41) is 3.32. The minimum Gasteiger partial charge on any atom is -0.452 e. The highest BCUT2D eigenvalue weighted by Crippen LogP contribution is 2.20. The fourth-order valence-corrected chi connectivity index (χ4v) is 1.87. The summed E-state index contributed by atoms with van der Waals surface area (Å²) in [5.74, 6) is -1.21. The summed E-state index contributed by atoms with van der Waals surface area (Å²) in [6.07, 6.45) is 1.22. The Morgan fingerprint density at radius 2 is 1.82 bits per heavy atom. The van der Waals surface area contributed by atoms with Gasteiger partial charge in [0.1, 0.15) is 5.15 Å². The molecule has 0 saturated carbocycles. The number of halogens is 3. The SMILES string of the molecule is O=C(COC(=O)c1cnc(Cl)c(Cl)c1)Nc1ccc(Cl)cc1. The smallest absolute Gasteiger partial charge is 0.340 e. The first-order valence-electron chi connectivity index (χ1n) is 5.99. The number of hydrogen-bond donors (Lipinski definition) is 1. The molecule has 0 atom stereocenters. The second-order valence-electron chi connectivity index (χ2n) is 4.13. The Morgan fingerprint density at radius 3 is 2.45 bits per heavy atom. The third-order valence-electron chi connectivity index (χ3n) is 2.49. The van der Waals surface area contributed by atoms with Crippen LogP contribution in [-0.2, 0) is 9.53 Å². The fourth-order valence-electron chi connectivity index (χ4n) is 1.48. The van der Waals surface area contributed by atoms with E-state index in [0.29, 0.717) is 10.7 Å². The van der Waals surface area contributed by atoms with Crippen molar-refractivity contribution in [3.05, 3.63) is 57.3 Å². The second-order valence-corrected chi connectivity index (χ2v) is 5.33. The van der Waals surface area contributed by atoms with Crippen molar-refractivity contribution < 1.29 is 14.3 Å². The average molecular weight is 360 g/mol. The van der Waals surface area contributed by atoms with Crippen molar-refractivity contribution in [3.8, 4) is 0 Å². The van der Waals surface area contributed by atoms with Crippen LogP contribution in [0, 0.1) is 0 Å². The van der Waals surface area contributed by atoms with Gasteiger partial charge >= 0.3 is 5.97 Å². The Kier molecular flexibility index (Phi) is 5.60. The molecule has 2 aromatic rings. The van der Waals surface area contributed by atoms with Crippen molar-refractivity contribution in [2.45, 2.75) is 0 Å². The molecule has 0 fully saturated rings. The predicted molar refractivity (Wildman–Crippen MR) is 84.6 cm³/mol. The molecule has 0 bridgehead atoms. The molecule has 8 heteroatoms. The summed E-state index contributed by atoms with van der Waals surface area (Å²) >= 11 is 17.1. The molecule has 1 heterocycles. The molecule has 0 aliphatic rings. The van der Waals surface area contributed by atoms with E-state index in [1.807, 2.05) is 0 Å². The van der Waals surface area contributed by atoms with E-state index in [4.69, 9.17) is 39.5 Å². The van der Waals surface area contributed by atoms with Gasteiger partial charge in [-0.05, 0) is 30.3 Å². The van der Waals surface area contributed by atoms with Gasteiger partial charge in [0.2, 0.25) is 0 Å². The van der Waals surface area contributed by atoms with Gasteiger partial charge in [-0.25, -0.2) is 9.78 Å². The van der Waals surface area contributed by atoms with Gasteiger partial charge in [-0.3, -0.25) is 4.79 Å².